The van der Waals surface area contributed by atoms with Gasteiger partial charge in [-0.3, -0.25) is 10.1 Å². The maximum Gasteiger partial charge on any atom is 0.338 e. The van der Waals surface area contributed by atoms with Crippen LogP contribution in [0.4, 0.5) is 5.69 Å². The zero-order valence-electron chi connectivity index (χ0n) is 28.3. The van der Waals surface area contributed by atoms with Gasteiger partial charge in [-0.25, -0.2) is 18.2 Å². The minimum absolute atomic E-state index is 0.0249. The zero-order valence-corrected chi connectivity index (χ0v) is 29.1. The Kier molecular flexibility index (Phi) is 11.5. The van der Waals surface area contributed by atoms with Gasteiger partial charge in [-0.15, -0.1) is 0 Å². The van der Waals surface area contributed by atoms with E-state index in [1.165, 1.54) is 0 Å². The van der Waals surface area contributed by atoms with Crippen molar-refractivity contribution >= 4 is 38.5 Å². The molecule has 49 heavy (non-hydrogen) atoms. The van der Waals surface area contributed by atoms with E-state index in [1.807, 2.05) is 54.6 Å². The fraction of sp³-hybridized carbons (Fsp3) is 0.289. The number of carbonyl (C=O) groups is 1. The predicted molar refractivity (Wildman–Crippen MR) is 195 cm³/mol. The second-order valence-electron chi connectivity index (χ2n) is 11.8. The lowest BCUT2D eigenvalue weighted by Gasteiger charge is -2.19. The molecule has 0 saturated carbocycles. The lowest BCUT2D eigenvalue weighted by Crippen LogP contribution is -2.26. The number of rotatable bonds is 16. The highest BCUT2D eigenvalue weighted by atomic mass is 32.2. The number of carbonyl (C=O) groups excluding carboxylic acids is 1. The van der Waals surface area contributed by atoms with Crippen molar-refractivity contribution in [3.8, 4) is 0 Å². The SMILES string of the molecule is CCOC(=O)c1ccc(Cn2c(CCc3ccc(C(=N)N)cc3)nc3cc(NS(=O)(=O)c4ccccc4CCN(CC)CC)ccc32)cc1. The van der Waals surface area contributed by atoms with Gasteiger partial charge in [0.15, 0.2) is 0 Å². The second-order valence-corrected chi connectivity index (χ2v) is 13.5. The molecule has 0 saturated heterocycles. The topological polar surface area (TPSA) is 143 Å². The molecule has 4 N–H and O–H groups in total. The number of hydrogen-bond donors (Lipinski definition) is 3. The number of imidazole rings is 1. The summed E-state index contributed by atoms with van der Waals surface area (Å²) in [6.07, 6.45) is 1.95. The number of ether oxygens (including phenoxy) is 1. The predicted octanol–water partition coefficient (Wildman–Crippen LogP) is 6.02. The number of nitrogens with two attached hydrogens (primary N) is 1. The second kappa shape index (κ2) is 15.9. The van der Waals surface area contributed by atoms with Crippen molar-refractivity contribution < 1.29 is 17.9 Å². The number of nitrogens with zero attached hydrogens (tertiary/aromatic N) is 3. The molecular formula is C38H44N6O4S. The van der Waals surface area contributed by atoms with Crippen LogP contribution in [0.3, 0.4) is 0 Å². The molecule has 1 heterocycles. The summed E-state index contributed by atoms with van der Waals surface area (Å²) in [7, 11) is -3.86. The summed E-state index contributed by atoms with van der Waals surface area (Å²) in [6.45, 7) is 9.38. The van der Waals surface area contributed by atoms with Crippen LogP contribution in [0.5, 0.6) is 0 Å². The molecule has 0 unspecified atom stereocenters. The molecule has 256 valence electrons. The maximum atomic E-state index is 13.7. The first-order chi connectivity index (χ1) is 23.6. The van der Waals surface area contributed by atoms with Gasteiger partial charge in [0, 0.05) is 25.1 Å². The van der Waals surface area contributed by atoms with Crippen LogP contribution >= 0.6 is 0 Å². The lowest BCUT2D eigenvalue weighted by molar-refractivity contribution is 0.0526. The van der Waals surface area contributed by atoms with Gasteiger partial charge in [0.05, 0.1) is 33.8 Å². The van der Waals surface area contributed by atoms with E-state index < -0.39 is 10.0 Å². The third-order valence-corrected chi connectivity index (χ3v) is 10.1. The quantitative estimate of drug-likeness (QED) is 0.0658. The Hall–Kier alpha value is -5.00. The molecule has 1 aromatic heterocycles. The number of benzene rings is 4. The number of anilines is 1. The van der Waals surface area contributed by atoms with E-state index in [4.69, 9.17) is 20.9 Å². The molecule has 5 rings (SSSR count). The summed E-state index contributed by atoms with van der Waals surface area (Å²) in [5, 5.41) is 7.67. The van der Waals surface area contributed by atoms with E-state index in [1.54, 1.807) is 43.3 Å². The summed E-state index contributed by atoms with van der Waals surface area (Å²) in [4.78, 5) is 19.7. The highest BCUT2D eigenvalue weighted by molar-refractivity contribution is 7.92. The van der Waals surface area contributed by atoms with Crippen molar-refractivity contribution in [1.82, 2.24) is 14.5 Å². The number of nitrogens with one attached hydrogen (secondary N) is 2. The first-order valence-corrected chi connectivity index (χ1v) is 18.1. The van der Waals surface area contributed by atoms with E-state index in [2.05, 4.69) is 28.0 Å². The Bertz CT molecular complexity index is 2020. The van der Waals surface area contributed by atoms with Crippen LogP contribution in [-0.4, -0.2) is 60.9 Å². The molecule has 0 fully saturated rings. The highest BCUT2D eigenvalue weighted by Gasteiger charge is 2.20. The number of hydrogen-bond acceptors (Lipinski definition) is 7. The summed E-state index contributed by atoms with van der Waals surface area (Å²) in [5.74, 6) is 0.499. The van der Waals surface area contributed by atoms with Gasteiger partial charge in [-0.1, -0.05) is 68.4 Å². The van der Waals surface area contributed by atoms with Crippen LogP contribution in [-0.2, 0) is 40.6 Å². The molecule has 0 radical (unpaired) electrons. The van der Waals surface area contributed by atoms with Gasteiger partial charge < -0.3 is 19.9 Å². The molecule has 0 aliphatic heterocycles. The summed E-state index contributed by atoms with van der Waals surface area (Å²) in [5.41, 5.74) is 11.6. The van der Waals surface area contributed by atoms with Gasteiger partial charge in [0.2, 0.25) is 0 Å². The number of likely N-dealkylation sites (N-methyl/N-ethyl adjacent to an activating group) is 1. The minimum atomic E-state index is -3.86. The number of fused-ring (bicyclic) bond motifs is 1. The Labute approximate surface area is 288 Å². The first kappa shape index (κ1) is 35.3. The number of esters is 1. The molecule has 5 aromatic rings. The molecule has 0 aliphatic carbocycles. The average molecular weight is 681 g/mol. The van der Waals surface area contributed by atoms with Crippen LogP contribution in [0.1, 0.15) is 59.2 Å². The van der Waals surface area contributed by atoms with E-state index in [-0.39, 0.29) is 16.7 Å². The van der Waals surface area contributed by atoms with Crippen LogP contribution < -0.4 is 10.5 Å². The third-order valence-electron chi connectivity index (χ3n) is 8.64. The van der Waals surface area contributed by atoms with E-state index in [0.717, 1.165) is 47.7 Å². The summed E-state index contributed by atoms with van der Waals surface area (Å²) in [6, 6.07) is 27.5. The molecule has 0 amide bonds. The molecule has 0 aliphatic rings. The van der Waals surface area contributed by atoms with Crippen LogP contribution in [0.15, 0.2) is 95.9 Å². The van der Waals surface area contributed by atoms with E-state index in [9.17, 15) is 13.2 Å². The van der Waals surface area contributed by atoms with Crippen molar-refractivity contribution in [1.29, 1.82) is 5.41 Å². The number of amidine groups is 1. The fourth-order valence-electron chi connectivity index (χ4n) is 5.86. The van der Waals surface area contributed by atoms with Gasteiger partial charge in [0.25, 0.3) is 10.0 Å². The highest BCUT2D eigenvalue weighted by Crippen LogP contribution is 2.26. The van der Waals surface area contributed by atoms with Crippen molar-refractivity contribution in [2.24, 2.45) is 5.73 Å². The third kappa shape index (κ3) is 8.73. The number of sulfonamides is 1. The number of aryl methyl sites for hydroxylation is 2. The smallest absolute Gasteiger partial charge is 0.338 e. The van der Waals surface area contributed by atoms with Crippen LogP contribution in [0.25, 0.3) is 11.0 Å². The van der Waals surface area contributed by atoms with Gasteiger partial charge in [0.1, 0.15) is 11.7 Å². The van der Waals surface area contributed by atoms with Crippen LogP contribution in [0.2, 0.25) is 0 Å². The molecule has 11 heteroatoms. The minimum Gasteiger partial charge on any atom is -0.462 e. The molecule has 0 spiro atoms. The lowest BCUT2D eigenvalue weighted by atomic mass is 10.1. The van der Waals surface area contributed by atoms with Gasteiger partial charge in [-0.2, -0.15) is 0 Å². The normalized spacial score (nSPS) is 11.6. The van der Waals surface area contributed by atoms with Crippen molar-refractivity contribution in [3.05, 3.63) is 125 Å². The number of aromatic nitrogens is 2. The first-order valence-electron chi connectivity index (χ1n) is 16.6. The Morgan fingerprint density at radius 3 is 2.22 bits per heavy atom. The maximum absolute atomic E-state index is 13.7. The zero-order chi connectivity index (χ0) is 35.0. The van der Waals surface area contributed by atoms with Crippen molar-refractivity contribution in [2.75, 3.05) is 31.0 Å². The van der Waals surface area contributed by atoms with E-state index in [0.29, 0.717) is 54.7 Å². The molecule has 4 aromatic carbocycles. The molecule has 0 bridgehead atoms. The Balaban J connectivity index is 1.43. The largest absolute Gasteiger partial charge is 0.462 e. The monoisotopic (exact) mass is 680 g/mol. The van der Waals surface area contributed by atoms with Gasteiger partial charge >= 0.3 is 5.97 Å². The Morgan fingerprint density at radius 2 is 1.55 bits per heavy atom. The van der Waals surface area contributed by atoms with Crippen LogP contribution in [0, 0.1) is 5.41 Å². The average Bonchev–Trinajstić information content (AvgIpc) is 3.44. The fourth-order valence-corrected chi connectivity index (χ4v) is 7.18. The Morgan fingerprint density at radius 1 is 0.878 bits per heavy atom. The molecule has 10 nitrogen and oxygen atoms in total. The van der Waals surface area contributed by atoms with E-state index >= 15 is 0 Å². The standard InChI is InChI=1S/C38H44N6O4S/c1-4-43(5-2)24-23-29-9-7-8-10-35(29)49(46,47)42-32-20-21-34-33(25-32)41-36(22-15-27-11-16-30(17-12-27)37(39)40)44(34)26-28-13-18-31(19-14-28)38(45)48-6-3/h7-14,16-21,25,42H,4-6,15,22-24,26H2,1-3H3,(H3,39,40). The number of nitrogen functional groups attached to an aromatic ring is 1. The van der Waals surface area contributed by atoms with Gasteiger partial charge in [-0.05, 0) is 85.9 Å². The summed E-state index contributed by atoms with van der Waals surface area (Å²) >= 11 is 0. The molecular weight excluding hydrogens is 637 g/mol. The van der Waals surface area contributed by atoms with Crippen molar-refractivity contribution in [3.63, 3.8) is 0 Å². The summed E-state index contributed by atoms with van der Waals surface area (Å²) < 4.78 is 37.4. The van der Waals surface area contributed by atoms with Crippen molar-refractivity contribution in [2.45, 2.75) is 51.5 Å². The molecule has 0 atom stereocenters.